The Bertz CT molecular complexity index is 628. The van der Waals surface area contributed by atoms with Gasteiger partial charge in [0.25, 0.3) is 0 Å². The number of rotatable bonds is 1. The average molecular weight is 218 g/mol. The molecular weight excluding hydrogens is 204 g/mol. The monoisotopic (exact) mass is 218 g/mol. The number of benzene rings is 2. The molecule has 0 N–H and O–H groups in total. The molecule has 0 saturated heterocycles. The van der Waals surface area contributed by atoms with E-state index in [-0.39, 0.29) is 0 Å². The third kappa shape index (κ3) is 2.10. The molecule has 82 valence electrons. The van der Waals surface area contributed by atoms with Gasteiger partial charge in [-0.05, 0) is 29.2 Å². The summed E-state index contributed by atoms with van der Waals surface area (Å²) in [5.74, 6) is 7.11. The van der Waals surface area contributed by atoms with E-state index < -0.39 is 0 Å². The molecule has 2 aromatic rings. The largest absolute Gasteiger partial charge is 0.0945 e. The van der Waals surface area contributed by atoms with Gasteiger partial charge in [-0.15, -0.1) is 0 Å². The Morgan fingerprint density at radius 1 is 1.06 bits per heavy atom. The lowest BCUT2D eigenvalue weighted by molar-refractivity contribution is 1.18. The van der Waals surface area contributed by atoms with Crippen molar-refractivity contribution in [2.24, 2.45) is 5.92 Å². The summed E-state index contributed by atoms with van der Waals surface area (Å²) in [6.07, 6.45) is 2.52. The summed E-state index contributed by atoms with van der Waals surface area (Å²) < 4.78 is 0. The maximum Gasteiger partial charge on any atom is 0.0252 e. The molecule has 1 aliphatic rings. The second-order valence-electron chi connectivity index (χ2n) is 4.55. The van der Waals surface area contributed by atoms with Gasteiger partial charge in [0.2, 0.25) is 0 Å². The van der Waals surface area contributed by atoms with Gasteiger partial charge in [-0.1, -0.05) is 60.9 Å². The number of allylic oxidation sites excluding steroid dienone is 1. The van der Waals surface area contributed by atoms with Crippen LogP contribution < -0.4 is 0 Å². The standard InChI is InChI=1S/C17H14/c1-13(9-10-14-11-12-14)16-8-4-6-15-5-2-3-7-17(15)16/h2-8,14H,1,11-12H2. The molecule has 0 radical (unpaired) electrons. The van der Waals surface area contributed by atoms with E-state index in [4.69, 9.17) is 0 Å². The summed E-state index contributed by atoms with van der Waals surface area (Å²) in [6, 6.07) is 14.7. The van der Waals surface area contributed by atoms with E-state index in [1.54, 1.807) is 0 Å². The lowest BCUT2D eigenvalue weighted by atomic mass is 9.99. The zero-order valence-corrected chi connectivity index (χ0v) is 9.74. The molecule has 0 bridgehead atoms. The maximum absolute atomic E-state index is 4.10. The first-order valence-electron chi connectivity index (χ1n) is 6.03. The average Bonchev–Trinajstić information content (AvgIpc) is 3.19. The van der Waals surface area contributed by atoms with Crippen LogP contribution in [-0.4, -0.2) is 0 Å². The van der Waals surface area contributed by atoms with E-state index >= 15 is 0 Å². The Kier molecular flexibility index (Phi) is 2.46. The van der Waals surface area contributed by atoms with Crippen LogP contribution in [0.3, 0.4) is 0 Å². The van der Waals surface area contributed by atoms with Crippen LogP contribution in [0.1, 0.15) is 18.4 Å². The third-order valence-corrected chi connectivity index (χ3v) is 3.12. The fourth-order valence-corrected chi connectivity index (χ4v) is 1.97. The molecule has 0 atom stereocenters. The van der Waals surface area contributed by atoms with Gasteiger partial charge >= 0.3 is 0 Å². The summed E-state index contributed by atoms with van der Waals surface area (Å²) in [6.45, 7) is 4.10. The first-order chi connectivity index (χ1) is 8.34. The minimum absolute atomic E-state index is 0.627. The zero-order chi connectivity index (χ0) is 11.7. The highest BCUT2D eigenvalue weighted by Gasteiger charge is 2.17. The van der Waals surface area contributed by atoms with E-state index in [0.29, 0.717) is 5.92 Å². The highest BCUT2D eigenvalue weighted by molar-refractivity contribution is 5.96. The molecular formula is C17H14. The summed E-state index contributed by atoms with van der Waals surface area (Å²) in [4.78, 5) is 0. The predicted octanol–water partition coefficient (Wildman–Crippen LogP) is 4.27. The normalized spacial score (nSPS) is 14.1. The van der Waals surface area contributed by atoms with Crippen molar-refractivity contribution in [1.82, 2.24) is 0 Å². The van der Waals surface area contributed by atoms with Gasteiger partial charge in [-0.25, -0.2) is 0 Å². The van der Waals surface area contributed by atoms with Crippen LogP contribution in [0.5, 0.6) is 0 Å². The van der Waals surface area contributed by atoms with Crippen molar-refractivity contribution in [1.29, 1.82) is 0 Å². The molecule has 0 spiro atoms. The molecule has 1 saturated carbocycles. The Labute approximate surface area is 102 Å². The van der Waals surface area contributed by atoms with E-state index in [1.165, 1.54) is 23.6 Å². The smallest absolute Gasteiger partial charge is 0.0252 e. The molecule has 1 aliphatic carbocycles. The summed E-state index contributed by atoms with van der Waals surface area (Å²) in [5, 5.41) is 2.49. The van der Waals surface area contributed by atoms with Gasteiger partial charge in [-0.3, -0.25) is 0 Å². The van der Waals surface area contributed by atoms with Crippen molar-refractivity contribution >= 4 is 16.3 Å². The second-order valence-corrected chi connectivity index (χ2v) is 4.55. The topological polar surface area (TPSA) is 0 Å². The maximum atomic E-state index is 4.10. The van der Waals surface area contributed by atoms with Crippen LogP contribution in [0.25, 0.3) is 16.3 Å². The molecule has 0 unspecified atom stereocenters. The van der Waals surface area contributed by atoms with E-state index in [0.717, 1.165) is 11.1 Å². The molecule has 0 heterocycles. The number of hydrogen-bond acceptors (Lipinski definition) is 0. The number of hydrogen-bond donors (Lipinski definition) is 0. The van der Waals surface area contributed by atoms with Crippen molar-refractivity contribution in [3.05, 3.63) is 54.6 Å². The Hall–Kier alpha value is -2.00. The summed E-state index contributed by atoms with van der Waals surface area (Å²) >= 11 is 0. The summed E-state index contributed by atoms with van der Waals surface area (Å²) in [7, 11) is 0. The van der Waals surface area contributed by atoms with E-state index in [9.17, 15) is 0 Å². The Balaban J connectivity index is 2.05. The molecule has 1 fully saturated rings. The third-order valence-electron chi connectivity index (χ3n) is 3.12. The van der Waals surface area contributed by atoms with E-state index in [1.807, 2.05) is 0 Å². The van der Waals surface area contributed by atoms with Crippen LogP contribution in [0.2, 0.25) is 0 Å². The molecule has 0 aliphatic heterocycles. The van der Waals surface area contributed by atoms with Crippen LogP contribution in [0.4, 0.5) is 0 Å². The lowest BCUT2D eigenvalue weighted by Crippen LogP contribution is -1.83. The fourth-order valence-electron chi connectivity index (χ4n) is 1.97. The minimum atomic E-state index is 0.627. The molecule has 0 amide bonds. The van der Waals surface area contributed by atoms with Gasteiger partial charge in [0, 0.05) is 11.5 Å². The molecule has 0 aromatic heterocycles. The van der Waals surface area contributed by atoms with Crippen LogP contribution in [0.15, 0.2) is 49.0 Å². The Morgan fingerprint density at radius 2 is 1.82 bits per heavy atom. The molecule has 0 heteroatoms. The Morgan fingerprint density at radius 3 is 2.65 bits per heavy atom. The SMILES string of the molecule is C=C(C#CC1CC1)c1cccc2ccccc12. The highest BCUT2D eigenvalue weighted by Crippen LogP contribution is 2.28. The van der Waals surface area contributed by atoms with Crippen molar-refractivity contribution < 1.29 is 0 Å². The van der Waals surface area contributed by atoms with E-state index in [2.05, 4.69) is 60.9 Å². The summed E-state index contributed by atoms with van der Waals surface area (Å²) in [5.41, 5.74) is 2.10. The van der Waals surface area contributed by atoms with Gasteiger partial charge in [0.1, 0.15) is 0 Å². The van der Waals surface area contributed by atoms with Crippen LogP contribution >= 0.6 is 0 Å². The van der Waals surface area contributed by atoms with Crippen molar-refractivity contribution in [3.8, 4) is 11.8 Å². The van der Waals surface area contributed by atoms with Crippen LogP contribution in [-0.2, 0) is 0 Å². The molecule has 2 aromatic carbocycles. The van der Waals surface area contributed by atoms with Gasteiger partial charge in [0.15, 0.2) is 0 Å². The van der Waals surface area contributed by atoms with Gasteiger partial charge < -0.3 is 0 Å². The molecule has 0 nitrogen and oxygen atoms in total. The first kappa shape index (κ1) is 10.2. The lowest BCUT2D eigenvalue weighted by Gasteiger charge is -2.04. The number of fused-ring (bicyclic) bond motifs is 1. The molecule has 17 heavy (non-hydrogen) atoms. The second kappa shape index (κ2) is 4.11. The minimum Gasteiger partial charge on any atom is -0.0945 e. The first-order valence-corrected chi connectivity index (χ1v) is 6.03. The van der Waals surface area contributed by atoms with Crippen molar-refractivity contribution in [2.45, 2.75) is 12.8 Å². The molecule has 3 rings (SSSR count). The predicted molar refractivity (Wildman–Crippen MR) is 73.5 cm³/mol. The van der Waals surface area contributed by atoms with Crippen molar-refractivity contribution in [2.75, 3.05) is 0 Å². The van der Waals surface area contributed by atoms with Gasteiger partial charge in [-0.2, -0.15) is 0 Å². The fraction of sp³-hybridized carbons (Fsp3) is 0.176. The quantitative estimate of drug-likeness (QED) is 0.627. The zero-order valence-electron chi connectivity index (χ0n) is 9.74. The van der Waals surface area contributed by atoms with Gasteiger partial charge in [0.05, 0.1) is 0 Å². The highest BCUT2D eigenvalue weighted by atomic mass is 14.2. The van der Waals surface area contributed by atoms with Crippen LogP contribution in [0, 0.1) is 17.8 Å². The van der Waals surface area contributed by atoms with Crippen molar-refractivity contribution in [3.63, 3.8) is 0 Å².